The van der Waals surface area contributed by atoms with Crippen LogP contribution in [0.2, 0.25) is 5.02 Å². The van der Waals surface area contributed by atoms with Crippen molar-refractivity contribution in [3.63, 3.8) is 0 Å². The summed E-state index contributed by atoms with van der Waals surface area (Å²) in [5.41, 5.74) is 3.83. The first kappa shape index (κ1) is 20.2. The van der Waals surface area contributed by atoms with Crippen molar-refractivity contribution >= 4 is 35.0 Å². The third-order valence-corrected chi connectivity index (χ3v) is 5.34. The van der Waals surface area contributed by atoms with E-state index in [9.17, 15) is 4.79 Å². The molecule has 7 heteroatoms. The molecule has 0 aliphatic rings. The molecule has 0 aliphatic heterocycles. The molecule has 0 spiro atoms. The lowest BCUT2D eigenvalue weighted by Crippen LogP contribution is -2.15. The van der Waals surface area contributed by atoms with Crippen LogP contribution in [0.25, 0.3) is 11.4 Å². The van der Waals surface area contributed by atoms with Gasteiger partial charge in [0.1, 0.15) is 0 Å². The summed E-state index contributed by atoms with van der Waals surface area (Å²) in [6, 6.07) is 13.5. The molecular formula is C21H21ClN4OS. The van der Waals surface area contributed by atoms with E-state index in [0.29, 0.717) is 16.7 Å². The fourth-order valence-electron chi connectivity index (χ4n) is 2.69. The predicted octanol–water partition coefficient (Wildman–Crippen LogP) is 5.13. The Morgan fingerprint density at radius 2 is 1.96 bits per heavy atom. The molecule has 3 aromatic rings. The molecule has 0 aliphatic carbocycles. The smallest absolute Gasteiger partial charge is 0.234 e. The molecule has 1 N–H and O–H groups in total. The van der Waals surface area contributed by atoms with E-state index >= 15 is 0 Å². The second kappa shape index (κ2) is 9.08. The molecule has 144 valence electrons. The van der Waals surface area contributed by atoms with Crippen LogP contribution < -0.4 is 5.32 Å². The van der Waals surface area contributed by atoms with Crippen LogP contribution >= 0.6 is 23.4 Å². The SMILES string of the molecule is C=CCn1c(SCC(=O)Nc2ccc(Cl)cc2C)nnc1-c1ccc(C)cc1. The minimum absolute atomic E-state index is 0.111. The van der Waals surface area contributed by atoms with Crippen molar-refractivity contribution in [1.82, 2.24) is 14.8 Å². The van der Waals surface area contributed by atoms with Gasteiger partial charge in [0.05, 0.1) is 5.75 Å². The largest absolute Gasteiger partial charge is 0.325 e. The van der Waals surface area contributed by atoms with Crippen LogP contribution in [0, 0.1) is 13.8 Å². The molecule has 1 amide bonds. The number of hydrogen-bond donors (Lipinski definition) is 1. The van der Waals surface area contributed by atoms with Crippen molar-refractivity contribution < 1.29 is 4.79 Å². The number of benzene rings is 2. The van der Waals surface area contributed by atoms with Crippen LogP contribution in [0.4, 0.5) is 5.69 Å². The van der Waals surface area contributed by atoms with Crippen molar-refractivity contribution in [2.75, 3.05) is 11.1 Å². The molecule has 0 saturated heterocycles. The number of anilines is 1. The minimum atomic E-state index is -0.111. The van der Waals surface area contributed by atoms with Crippen LogP contribution in [0.1, 0.15) is 11.1 Å². The average molecular weight is 413 g/mol. The fourth-order valence-corrected chi connectivity index (χ4v) is 3.66. The maximum absolute atomic E-state index is 12.4. The Kier molecular flexibility index (Phi) is 6.54. The first-order chi connectivity index (χ1) is 13.5. The van der Waals surface area contributed by atoms with Crippen LogP contribution in [-0.2, 0) is 11.3 Å². The number of halogens is 1. The number of aromatic nitrogens is 3. The van der Waals surface area contributed by atoms with E-state index < -0.39 is 0 Å². The Balaban J connectivity index is 1.72. The second-order valence-electron chi connectivity index (χ2n) is 6.37. The summed E-state index contributed by atoms with van der Waals surface area (Å²) in [5, 5.41) is 12.8. The van der Waals surface area contributed by atoms with Crippen LogP contribution in [0.3, 0.4) is 0 Å². The summed E-state index contributed by atoms with van der Waals surface area (Å²) in [4.78, 5) is 12.4. The molecule has 5 nitrogen and oxygen atoms in total. The Bertz CT molecular complexity index is 998. The summed E-state index contributed by atoms with van der Waals surface area (Å²) < 4.78 is 1.96. The van der Waals surface area contributed by atoms with E-state index in [2.05, 4.69) is 22.1 Å². The molecular weight excluding hydrogens is 392 g/mol. The fraction of sp³-hybridized carbons (Fsp3) is 0.190. The lowest BCUT2D eigenvalue weighted by Gasteiger charge is -2.10. The van der Waals surface area contributed by atoms with Crippen LogP contribution in [-0.4, -0.2) is 26.4 Å². The molecule has 0 saturated carbocycles. The minimum Gasteiger partial charge on any atom is -0.325 e. The number of rotatable bonds is 7. The van der Waals surface area contributed by atoms with Crippen molar-refractivity contribution in [1.29, 1.82) is 0 Å². The molecule has 0 unspecified atom stereocenters. The number of carbonyl (C=O) groups excluding carboxylic acids is 1. The van der Waals surface area contributed by atoms with Gasteiger partial charge >= 0.3 is 0 Å². The Hall–Kier alpha value is -2.57. The predicted molar refractivity (Wildman–Crippen MR) is 116 cm³/mol. The first-order valence-corrected chi connectivity index (χ1v) is 10.1. The quantitative estimate of drug-likeness (QED) is 0.431. The van der Waals surface area contributed by atoms with E-state index in [0.717, 1.165) is 22.6 Å². The van der Waals surface area contributed by atoms with Gasteiger partial charge < -0.3 is 5.32 Å². The second-order valence-corrected chi connectivity index (χ2v) is 7.75. The van der Waals surface area contributed by atoms with Crippen LogP contribution in [0.5, 0.6) is 0 Å². The van der Waals surface area contributed by atoms with Gasteiger partial charge in [0, 0.05) is 22.8 Å². The maximum Gasteiger partial charge on any atom is 0.234 e. The highest BCUT2D eigenvalue weighted by Crippen LogP contribution is 2.25. The number of allylic oxidation sites excluding steroid dienone is 1. The summed E-state index contributed by atoms with van der Waals surface area (Å²) in [6.07, 6.45) is 1.79. The molecule has 1 aromatic heterocycles. The van der Waals surface area contributed by atoms with Crippen molar-refractivity contribution in [2.24, 2.45) is 0 Å². The van der Waals surface area contributed by atoms with Gasteiger partial charge in [0.2, 0.25) is 5.91 Å². The third-order valence-electron chi connectivity index (χ3n) is 4.13. The zero-order valence-corrected chi connectivity index (χ0v) is 17.3. The van der Waals surface area contributed by atoms with Crippen molar-refractivity contribution in [3.05, 3.63) is 71.3 Å². The topological polar surface area (TPSA) is 59.8 Å². The average Bonchev–Trinajstić information content (AvgIpc) is 3.06. The van der Waals surface area contributed by atoms with Gasteiger partial charge in [0.15, 0.2) is 11.0 Å². The number of nitrogens with one attached hydrogen (secondary N) is 1. The Labute approximate surface area is 173 Å². The van der Waals surface area contributed by atoms with E-state index in [1.165, 1.54) is 17.3 Å². The summed E-state index contributed by atoms with van der Waals surface area (Å²) in [7, 11) is 0. The number of aryl methyl sites for hydroxylation is 2. The number of thioether (sulfide) groups is 1. The lowest BCUT2D eigenvalue weighted by atomic mass is 10.1. The standard InChI is InChI=1S/C21H21ClN4OS/c1-4-11-26-20(16-7-5-14(2)6-8-16)24-25-21(26)28-13-19(27)23-18-10-9-17(22)12-15(18)3/h4-10,12H,1,11,13H2,2-3H3,(H,23,27). The molecule has 0 atom stereocenters. The number of nitrogens with zero attached hydrogens (tertiary/aromatic N) is 3. The Morgan fingerprint density at radius 1 is 1.21 bits per heavy atom. The molecule has 3 rings (SSSR count). The van der Waals surface area contributed by atoms with E-state index in [-0.39, 0.29) is 11.7 Å². The monoisotopic (exact) mass is 412 g/mol. The molecule has 0 fully saturated rings. The Morgan fingerprint density at radius 3 is 2.64 bits per heavy atom. The molecule has 0 bridgehead atoms. The first-order valence-electron chi connectivity index (χ1n) is 8.78. The van der Waals surface area contributed by atoms with Crippen molar-refractivity contribution in [2.45, 2.75) is 25.5 Å². The van der Waals surface area contributed by atoms with Gasteiger partial charge in [0.25, 0.3) is 0 Å². The molecule has 2 aromatic carbocycles. The molecule has 28 heavy (non-hydrogen) atoms. The normalized spacial score (nSPS) is 10.7. The highest BCUT2D eigenvalue weighted by molar-refractivity contribution is 7.99. The zero-order chi connectivity index (χ0) is 20.1. The van der Waals surface area contributed by atoms with Gasteiger partial charge in [-0.1, -0.05) is 59.3 Å². The number of hydrogen-bond acceptors (Lipinski definition) is 4. The zero-order valence-electron chi connectivity index (χ0n) is 15.8. The summed E-state index contributed by atoms with van der Waals surface area (Å²) in [5.74, 6) is 0.877. The molecule has 1 heterocycles. The van der Waals surface area contributed by atoms with Crippen LogP contribution in [0.15, 0.2) is 60.3 Å². The van der Waals surface area contributed by atoms with E-state index in [1.54, 1.807) is 18.2 Å². The van der Waals surface area contributed by atoms with Crippen molar-refractivity contribution in [3.8, 4) is 11.4 Å². The highest BCUT2D eigenvalue weighted by atomic mass is 35.5. The maximum atomic E-state index is 12.4. The number of amides is 1. The van der Waals surface area contributed by atoms with Gasteiger partial charge in [-0.05, 0) is 37.6 Å². The number of carbonyl (C=O) groups is 1. The van der Waals surface area contributed by atoms with Gasteiger partial charge in [-0.3, -0.25) is 9.36 Å². The summed E-state index contributed by atoms with van der Waals surface area (Å²) >= 11 is 7.31. The summed E-state index contributed by atoms with van der Waals surface area (Å²) in [6.45, 7) is 8.33. The third kappa shape index (κ3) is 4.82. The van der Waals surface area contributed by atoms with E-state index in [4.69, 9.17) is 11.6 Å². The molecule has 0 radical (unpaired) electrons. The highest BCUT2D eigenvalue weighted by Gasteiger charge is 2.15. The lowest BCUT2D eigenvalue weighted by molar-refractivity contribution is -0.113. The van der Waals surface area contributed by atoms with Gasteiger partial charge in [-0.25, -0.2) is 0 Å². The van der Waals surface area contributed by atoms with Gasteiger partial charge in [-0.15, -0.1) is 16.8 Å². The van der Waals surface area contributed by atoms with Gasteiger partial charge in [-0.2, -0.15) is 0 Å². The van der Waals surface area contributed by atoms with E-state index in [1.807, 2.05) is 48.7 Å².